The average Bonchev–Trinajstić information content (AvgIpc) is 3.20. The Bertz CT molecular complexity index is 804. The van der Waals surface area contributed by atoms with Crippen LogP contribution in [0.15, 0.2) is 42.5 Å². The van der Waals surface area contributed by atoms with E-state index >= 15 is 0 Å². The second-order valence-electron chi connectivity index (χ2n) is 7.35. The molecule has 4 rings (SSSR count). The Morgan fingerprint density at radius 1 is 1.14 bits per heavy atom. The molecule has 0 bridgehead atoms. The van der Waals surface area contributed by atoms with Gasteiger partial charge in [-0.1, -0.05) is 6.07 Å². The lowest BCUT2D eigenvalue weighted by molar-refractivity contribution is 0.0679. The lowest BCUT2D eigenvalue weighted by Crippen LogP contribution is -2.31. The van der Waals surface area contributed by atoms with Crippen LogP contribution in [0, 0.1) is 0 Å². The van der Waals surface area contributed by atoms with Crippen LogP contribution in [0.25, 0.3) is 0 Å². The van der Waals surface area contributed by atoms with Gasteiger partial charge < -0.3 is 20.5 Å². The number of benzene rings is 2. The maximum Gasteiger partial charge on any atom is 0.251 e. The van der Waals surface area contributed by atoms with E-state index in [0.29, 0.717) is 12.2 Å². The molecule has 2 unspecified atom stereocenters. The van der Waals surface area contributed by atoms with Crippen LogP contribution in [0.4, 0.5) is 5.69 Å². The number of rotatable bonds is 5. The fraction of sp³-hybridized carbons (Fsp3) is 0.409. The van der Waals surface area contributed by atoms with Gasteiger partial charge in [0, 0.05) is 17.9 Å². The number of aryl methyl sites for hydroxylation is 1. The first-order valence-electron chi connectivity index (χ1n) is 9.73. The molecule has 6 heteroatoms. The van der Waals surface area contributed by atoms with Gasteiger partial charge in [0.25, 0.3) is 5.91 Å². The highest BCUT2D eigenvalue weighted by Crippen LogP contribution is 2.31. The molecule has 3 N–H and O–H groups in total. The van der Waals surface area contributed by atoms with Gasteiger partial charge in [0.15, 0.2) is 0 Å². The van der Waals surface area contributed by atoms with Gasteiger partial charge in [0.1, 0.15) is 12.4 Å². The van der Waals surface area contributed by atoms with Gasteiger partial charge in [-0.15, -0.1) is 12.4 Å². The summed E-state index contributed by atoms with van der Waals surface area (Å²) in [4.78, 5) is 12.7. The Kier molecular flexibility index (Phi) is 6.81. The molecule has 1 fully saturated rings. The van der Waals surface area contributed by atoms with Crippen molar-refractivity contribution in [2.45, 2.75) is 44.2 Å². The number of halogens is 1. The van der Waals surface area contributed by atoms with Gasteiger partial charge in [-0.3, -0.25) is 4.79 Å². The molecular weight excluding hydrogens is 376 g/mol. The number of fused-ring (bicyclic) bond motifs is 1. The molecule has 0 aromatic heterocycles. The van der Waals surface area contributed by atoms with Crippen molar-refractivity contribution >= 4 is 24.0 Å². The number of nitrogens with two attached hydrogens (primary N) is 1. The second-order valence-corrected chi connectivity index (χ2v) is 7.35. The molecule has 2 atom stereocenters. The van der Waals surface area contributed by atoms with Gasteiger partial charge in [-0.2, -0.15) is 0 Å². The van der Waals surface area contributed by atoms with Crippen molar-refractivity contribution < 1.29 is 14.3 Å². The number of hydrogen-bond donors (Lipinski definition) is 2. The number of nitrogens with one attached hydrogen (secondary N) is 1. The number of nitrogen functional groups attached to an aromatic ring is 1. The first-order valence-corrected chi connectivity index (χ1v) is 9.73. The Balaban J connectivity index is 0.00000225. The number of hydrogen-bond acceptors (Lipinski definition) is 4. The Labute approximate surface area is 172 Å². The first kappa shape index (κ1) is 20.5. The van der Waals surface area contributed by atoms with Crippen molar-refractivity contribution in [2.24, 2.45) is 0 Å². The number of amides is 1. The minimum absolute atomic E-state index is 0. The second kappa shape index (κ2) is 9.30. The maximum absolute atomic E-state index is 12.7. The van der Waals surface area contributed by atoms with Gasteiger partial charge in [0.2, 0.25) is 0 Å². The normalized spacial score (nSPS) is 20.7. The summed E-state index contributed by atoms with van der Waals surface area (Å²) < 4.78 is 11.3. The molecular formula is C22H27ClN2O3. The quantitative estimate of drug-likeness (QED) is 0.740. The van der Waals surface area contributed by atoms with Crippen LogP contribution in [0.5, 0.6) is 5.75 Å². The Hall–Kier alpha value is -2.24. The topological polar surface area (TPSA) is 73.6 Å². The molecule has 1 saturated heterocycles. The third-order valence-electron chi connectivity index (χ3n) is 5.36. The van der Waals surface area contributed by atoms with Crippen molar-refractivity contribution in [1.29, 1.82) is 0 Å². The van der Waals surface area contributed by atoms with Crippen molar-refractivity contribution in [2.75, 3.05) is 18.9 Å². The van der Waals surface area contributed by atoms with Crippen molar-refractivity contribution in [3.8, 4) is 5.75 Å². The number of anilines is 1. The summed E-state index contributed by atoms with van der Waals surface area (Å²) >= 11 is 0. The molecule has 1 aliphatic carbocycles. The molecule has 0 spiro atoms. The van der Waals surface area contributed by atoms with E-state index in [1.807, 2.05) is 42.5 Å². The number of carbonyl (C=O) groups excluding carboxylic acids is 1. The molecule has 1 aliphatic heterocycles. The van der Waals surface area contributed by atoms with E-state index in [9.17, 15) is 4.79 Å². The molecule has 2 aromatic rings. The molecule has 0 radical (unpaired) electrons. The fourth-order valence-corrected chi connectivity index (χ4v) is 3.89. The van der Waals surface area contributed by atoms with Crippen molar-refractivity contribution in [3.05, 3.63) is 59.2 Å². The molecule has 1 amide bonds. The molecule has 2 aliphatic rings. The predicted molar refractivity (Wildman–Crippen MR) is 112 cm³/mol. The SMILES string of the molecule is Cl.Nc1ccc2c(c1)CCCC2NC(=O)c1ccc(OCC2CCCO2)cc1. The highest BCUT2D eigenvalue weighted by Gasteiger charge is 2.22. The van der Waals surface area contributed by atoms with Crippen LogP contribution < -0.4 is 15.8 Å². The summed E-state index contributed by atoms with van der Waals surface area (Å²) in [5.74, 6) is 0.705. The monoisotopic (exact) mass is 402 g/mol. The van der Waals surface area contributed by atoms with E-state index in [2.05, 4.69) is 5.32 Å². The van der Waals surface area contributed by atoms with E-state index in [1.165, 1.54) is 11.1 Å². The van der Waals surface area contributed by atoms with Crippen LogP contribution in [-0.4, -0.2) is 25.2 Å². The zero-order chi connectivity index (χ0) is 18.6. The first-order chi connectivity index (χ1) is 13.2. The molecule has 0 saturated carbocycles. The van der Waals surface area contributed by atoms with E-state index in [-0.39, 0.29) is 30.5 Å². The molecule has 5 nitrogen and oxygen atoms in total. The van der Waals surface area contributed by atoms with E-state index < -0.39 is 0 Å². The Morgan fingerprint density at radius 3 is 2.71 bits per heavy atom. The van der Waals surface area contributed by atoms with Gasteiger partial charge in [-0.25, -0.2) is 0 Å². The third-order valence-corrected chi connectivity index (χ3v) is 5.36. The highest BCUT2D eigenvalue weighted by atomic mass is 35.5. The largest absolute Gasteiger partial charge is 0.491 e. The van der Waals surface area contributed by atoms with Crippen LogP contribution in [0.2, 0.25) is 0 Å². The summed E-state index contributed by atoms with van der Waals surface area (Å²) in [6, 6.07) is 13.3. The van der Waals surface area contributed by atoms with Crippen molar-refractivity contribution in [1.82, 2.24) is 5.32 Å². The minimum atomic E-state index is -0.0599. The van der Waals surface area contributed by atoms with E-state index in [0.717, 1.165) is 50.1 Å². The number of carbonyl (C=O) groups is 1. The number of ether oxygens (including phenoxy) is 2. The summed E-state index contributed by atoms with van der Waals surface area (Å²) in [5.41, 5.74) is 9.73. The van der Waals surface area contributed by atoms with E-state index in [1.54, 1.807) is 0 Å². The van der Waals surface area contributed by atoms with Crippen LogP contribution in [-0.2, 0) is 11.2 Å². The summed E-state index contributed by atoms with van der Waals surface area (Å²) in [6.07, 6.45) is 5.36. The smallest absolute Gasteiger partial charge is 0.251 e. The Morgan fingerprint density at radius 2 is 1.96 bits per heavy atom. The third kappa shape index (κ3) is 4.78. The van der Waals surface area contributed by atoms with Gasteiger partial charge in [0.05, 0.1) is 12.1 Å². The molecule has 150 valence electrons. The molecule has 28 heavy (non-hydrogen) atoms. The summed E-state index contributed by atoms with van der Waals surface area (Å²) in [7, 11) is 0. The zero-order valence-corrected chi connectivity index (χ0v) is 16.7. The van der Waals surface area contributed by atoms with Gasteiger partial charge in [-0.05, 0) is 79.6 Å². The maximum atomic E-state index is 12.7. The zero-order valence-electron chi connectivity index (χ0n) is 15.9. The van der Waals surface area contributed by atoms with Gasteiger partial charge >= 0.3 is 0 Å². The average molecular weight is 403 g/mol. The predicted octanol–water partition coefficient (Wildman–Crippen LogP) is 4.06. The molecule has 1 heterocycles. The fourth-order valence-electron chi connectivity index (χ4n) is 3.89. The summed E-state index contributed by atoms with van der Waals surface area (Å²) in [6.45, 7) is 1.39. The van der Waals surface area contributed by atoms with Crippen LogP contribution in [0.3, 0.4) is 0 Å². The van der Waals surface area contributed by atoms with Crippen LogP contribution in [0.1, 0.15) is 53.2 Å². The minimum Gasteiger partial charge on any atom is -0.491 e. The summed E-state index contributed by atoms with van der Waals surface area (Å²) in [5, 5.41) is 3.17. The van der Waals surface area contributed by atoms with E-state index in [4.69, 9.17) is 15.2 Å². The standard InChI is InChI=1S/C22H26N2O3.ClH/c23-17-8-11-20-16(13-17)3-1-5-21(20)24-22(25)15-6-9-18(10-7-15)27-14-19-4-2-12-26-19;/h6-11,13,19,21H,1-5,12,14,23H2,(H,24,25);1H. The van der Waals surface area contributed by atoms with Crippen molar-refractivity contribution in [3.63, 3.8) is 0 Å². The molecule has 2 aromatic carbocycles. The lowest BCUT2D eigenvalue weighted by atomic mass is 9.87. The lowest BCUT2D eigenvalue weighted by Gasteiger charge is -2.26. The van der Waals surface area contributed by atoms with Crippen LogP contribution >= 0.6 is 12.4 Å². The highest BCUT2D eigenvalue weighted by molar-refractivity contribution is 5.94.